The van der Waals surface area contributed by atoms with Crippen molar-refractivity contribution in [3.05, 3.63) is 24.8 Å². The second kappa shape index (κ2) is 16.2. The molecule has 0 aliphatic heterocycles. The molecule has 0 saturated heterocycles. The maximum Gasteiger partial charge on any atom is -0.0376 e. The lowest BCUT2D eigenvalue weighted by Gasteiger charge is -1.79. The van der Waals surface area contributed by atoms with Gasteiger partial charge in [0.15, 0.2) is 0 Å². The number of allylic oxidation sites excluding steroid dienone is 3. The Morgan fingerprint density at radius 3 is 1.73 bits per heavy atom. The van der Waals surface area contributed by atoms with E-state index in [2.05, 4.69) is 33.4 Å². The van der Waals surface area contributed by atoms with Crippen molar-refractivity contribution < 1.29 is 0 Å². The van der Waals surface area contributed by atoms with Gasteiger partial charge in [-0.15, -0.1) is 0 Å². The van der Waals surface area contributed by atoms with Gasteiger partial charge in [0.1, 0.15) is 0 Å². The van der Waals surface area contributed by atoms with Gasteiger partial charge >= 0.3 is 0 Å². The molecule has 0 unspecified atom stereocenters. The second-order valence-electron chi connectivity index (χ2n) is 2.43. The van der Waals surface area contributed by atoms with Crippen molar-refractivity contribution in [3.8, 4) is 0 Å². The summed E-state index contributed by atoms with van der Waals surface area (Å²) < 4.78 is 0. The van der Waals surface area contributed by atoms with Crippen molar-refractivity contribution >= 4 is 0 Å². The van der Waals surface area contributed by atoms with Gasteiger partial charge in [-0.25, -0.2) is 0 Å². The van der Waals surface area contributed by atoms with Crippen LogP contribution in [0, 0.1) is 0 Å². The van der Waals surface area contributed by atoms with Crippen molar-refractivity contribution in [3.63, 3.8) is 0 Å². The Hall–Kier alpha value is -0.520. The molecular formula is C11H22. The Labute approximate surface area is 72.0 Å². The average molecular weight is 154 g/mol. The van der Waals surface area contributed by atoms with Crippen LogP contribution in [0.15, 0.2) is 24.8 Å². The first-order valence-electron chi connectivity index (χ1n) is 4.60. The number of hydrogen-bond acceptors (Lipinski definition) is 0. The third-order valence-electron chi connectivity index (χ3n) is 1.21. The number of hydrogen-bond donors (Lipinski definition) is 0. The molecule has 0 atom stereocenters. The third-order valence-corrected chi connectivity index (χ3v) is 1.21. The van der Waals surface area contributed by atoms with Crippen LogP contribution < -0.4 is 0 Å². The fourth-order valence-electron chi connectivity index (χ4n) is 0.586. The molecule has 0 aliphatic rings. The lowest BCUT2D eigenvalue weighted by Crippen LogP contribution is -1.59. The highest BCUT2D eigenvalue weighted by atomic mass is 13.7. The minimum atomic E-state index is 1.10. The van der Waals surface area contributed by atoms with Gasteiger partial charge in [-0.3, -0.25) is 0 Å². The topological polar surface area (TPSA) is 0 Å². The van der Waals surface area contributed by atoms with Gasteiger partial charge in [0.25, 0.3) is 0 Å². The summed E-state index contributed by atoms with van der Waals surface area (Å²) in [7, 11) is 0. The molecule has 66 valence electrons. The molecule has 0 nitrogen and oxygen atoms in total. The molecule has 0 spiro atoms. The zero-order valence-electron chi connectivity index (χ0n) is 8.27. The normalized spacial score (nSPS) is 9.00. The smallest absolute Gasteiger partial charge is 0.0376 e. The minimum Gasteiger partial charge on any atom is -0.0991 e. The van der Waals surface area contributed by atoms with E-state index in [4.69, 9.17) is 0 Å². The van der Waals surface area contributed by atoms with Crippen molar-refractivity contribution in [2.24, 2.45) is 0 Å². The van der Waals surface area contributed by atoms with Gasteiger partial charge in [-0.1, -0.05) is 64.8 Å². The highest BCUT2D eigenvalue weighted by molar-refractivity contribution is 4.96. The van der Waals surface area contributed by atoms with Crippen LogP contribution in [0.25, 0.3) is 0 Å². The molecule has 0 aromatic carbocycles. The molecule has 0 fully saturated rings. The first-order chi connectivity index (χ1) is 5.33. The molecule has 0 N–H and O–H groups in total. The van der Waals surface area contributed by atoms with E-state index in [1.54, 1.807) is 6.08 Å². The minimum absolute atomic E-state index is 1.10. The molecule has 0 heterocycles. The quantitative estimate of drug-likeness (QED) is 0.528. The van der Waals surface area contributed by atoms with Gasteiger partial charge in [0.05, 0.1) is 0 Å². The van der Waals surface area contributed by atoms with Crippen molar-refractivity contribution in [2.45, 2.75) is 46.5 Å². The molecule has 0 amide bonds. The summed E-state index contributed by atoms with van der Waals surface area (Å²) in [5.41, 5.74) is 0. The molecule has 0 heteroatoms. The van der Waals surface area contributed by atoms with Crippen LogP contribution in [0.3, 0.4) is 0 Å². The largest absolute Gasteiger partial charge is 0.0991 e. The molecule has 0 saturated carbocycles. The molecule has 0 aliphatic carbocycles. The zero-order chi connectivity index (χ0) is 8.95. The zero-order valence-corrected chi connectivity index (χ0v) is 8.27. The van der Waals surface area contributed by atoms with Crippen LogP contribution in [-0.2, 0) is 0 Å². The van der Waals surface area contributed by atoms with Gasteiger partial charge < -0.3 is 0 Å². The van der Waals surface area contributed by atoms with E-state index in [-0.39, 0.29) is 0 Å². The van der Waals surface area contributed by atoms with E-state index in [0.29, 0.717) is 0 Å². The Balaban J connectivity index is 0. The third kappa shape index (κ3) is 26.4. The van der Waals surface area contributed by atoms with Crippen LogP contribution in [-0.4, -0.2) is 0 Å². The Morgan fingerprint density at radius 2 is 1.64 bits per heavy atom. The summed E-state index contributed by atoms with van der Waals surface area (Å²) in [5, 5.41) is 0. The summed E-state index contributed by atoms with van der Waals surface area (Å²) in [4.78, 5) is 0. The Kier molecular flexibility index (Phi) is 19.3. The summed E-state index contributed by atoms with van der Waals surface area (Å²) in [5.74, 6) is 0. The first kappa shape index (κ1) is 13.1. The SMILES string of the molecule is C=CC=CCC.CCCCC. The van der Waals surface area contributed by atoms with E-state index in [1.165, 1.54) is 19.3 Å². The molecule has 11 heavy (non-hydrogen) atoms. The predicted molar refractivity (Wildman–Crippen MR) is 54.8 cm³/mol. The van der Waals surface area contributed by atoms with E-state index >= 15 is 0 Å². The van der Waals surface area contributed by atoms with E-state index < -0.39 is 0 Å². The first-order valence-corrected chi connectivity index (χ1v) is 4.60. The van der Waals surface area contributed by atoms with Crippen LogP contribution in [0.2, 0.25) is 0 Å². The van der Waals surface area contributed by atoms with Crippen molar-refractivity contribution in [1.82, 2.24) is 0 Å². The molecule has 0 aromatic heterocycles. The lowest BCUT2D eigenvalue weighted by atomic mass is 10.3. The maximum atomic E-state index is 3.51. The van der Waals surface area contributed by atoms with Gasteiger partial charge in [0, 0.05) is 0 Å². The standard InChI is InChI=1S/C6H10.C5H12/c1-3-5-6-4-2;1-3-5-4-2/h3,5-6H,1,4H2,2H3;3-5H2,1-2H3. The summed E-state index contributed by atoms with van der Waals surface area (Å²) >= 11 is 0. The second-order valence-corrected chi connectivity index (χ2v) is 2.43. The highest BCUT2D eigenvalue weighted by Crippen LogP contribution is 1.88. The number of rotatable bonds is 4. The average Bonchev–Trinajstić information content (AvgIpc) is 2.04. The molecule has 0 rings (SSSR count). The van der Waals surface area contributed by atoms with Crippen LogP contribution in [0.5, 0.6) is 0 Å². The fraction of sp³-hybridized carbons (Fsp3) is 0.636. The summed E-state index contributed by atoms with van der Waals surface area (Å²) in [6.45, 7) is 10.0. The van der Waals surface area contributed by atoms with E-state index in [9.17, 15) is 0 Å². The lowest BCUT2D eigenvalue weighted by molar-refractivity contribution is 0.772. The van der Waals surface area contributed by atoms with E-state index in [0.717, 1.165) is 6.42 Å². The molecule has 0 bridgehead atoms. The van der Waals surface area contributed by atoms with Crippen LogP contribution in [0.1, 0.15) is 46.5 Å². The van der Waals surface area contributed by atoms with Crippen molar-refractivity contribution in [2.75, 3.05) is 0 Å². The Morgan fingerprint density at radius 1 is 1.09 bits per heavy atom. The maximum absolute atomic E-state index is 3.51. The Bertz CT molecular complexity index is 78.0. The van der Waals surface area contributed by atoms with Crippen molar-refractivity contribution in [1.29, 1.82) is 0 Å². The number of unbranched alkanes of at least 4 members (excludes halogenated alkanes) is 2. The van der Waals surface area contributed by atoms with Gasteiger partial charge in [0.2, 0.25) is 0 Å². The van der Waals surface area contributed by atoms with Gasteiger partial charge in [-0.05, 0) is 6.42 Å². The van der Waals surface area contributed by atoms with Crippen LogP contribution in [0.4, 0.5) is 0 Å². The highest BCUT2D eigenvalue weighted by Gasteiger charge is 1.68. The van der Waals surface area contributed by atoms with E-state index in [1.807, 2.05) is 6.08 Å². The predicted octanol–water partition coefficient (Wildman–Crippen LogP) is 4.34. The van der Waals surface area contributed by atoms with Crippen LogP contribution >= 0.6 is 0 Å². The van der Waals surface area contributed by atoms with Gasteiger partial charge in [-0.2, -0.15) is 0 Å². The molecular weight excluding hydrogens is 132 g/mol. The molecule has 0 aromatic rings. The molecule has 0 radical (unpaired) electrons. The fourth-order valence-corrected chi connectivity index (χ4v) is 0.586. The monoisotopic (exact) mass is 154 g/mol. The summed E-state index contributed by atoms with van der Waals surface area (Å²) in [6.07, 6.45) is 11.0. The summed E-state index contributed by atoms with van der Waals surface area (Å²) in [6, 6.07) is 0.